The Hall–Kier alpha value is -2.93. The van der Waals surface area contributed by atoms with Crippen molar-refractivity contribution < 1.29 is 14.6 Å². The number of aromatic nitrogens is 2. The van der Waals surface area contributed by atoms with E-state index in [0.29, 0.717) is 19.0 Å². The lowest BCUT2D eigenvalue weighted by Crippen LogP contribution is -2.38. The van der Waals surface area contributed by atoms with Crippen LogP contribution in [0.1, 0.15) is 57.1 Å². The van der Waals surface area contributed by atoms with Gasteiger partial charge in [0.05, 0.1) is 13.2 Å². The Labute approximate surface area is 215 Å². The number of benzene rings is 1. The number of ether oxygens (including phenoxy) is 1. The molecule has 2 aromatic rings. The molecule has 1 aromatic heterocycles. The normalized spacial score (nSPS) is 18.6. The first-order valence-corrected chi connectivity index (χ1v) is 13.5. The van der Waals surface area contributed by atoms with Gasteiger partial charge in [0.1, 0.15) is 5.75 Å². The fourth-order valence-electron chi connectivity index (χ4n) is 5.10. The van der Waals surface area contributed by atoms with Crippen molar-refractivity contribution in [3.8, 4) is 5.75 Å². The van der Waals surface area contributed by atoms with E-state index in [2.05, 4.69) is 52.1 Å². The van der Waals surface area contributed by atoms with Crippen LogP contribution in [-0.2, 0) is 11.2 Å². The molecule has 0 bridgehead atoms. The van der Waals surface area contributed by atoms with Crippen molar-refractivity contribution in [1.82, 2.24) is 14.9 Å². The summed E-state index contributed by atoms with van der Waals surface area (Å²) < 4.78 is 6.13. The van der Waals surface area contributed by atoms with E-state index in [1.807, 2.05) is 19.3 Å². The molecule has 4 rings (SSSR count). The molecule has 1 atom stereocenters. The topological polar surface area (TPSA) is 78.8 Å². The van der Waals surface area contributed by atoms with E-state index in [4.69, 9.17) is 4.74 Å². The van der Waals surface area contributed by atoms with Gasteiger partial charge in [-0.05, 0) is 80.2 Å². The van der Waals surface area contributed by atoms with Crippen molar-refractivity contribution in [2.75, 3.05) is 44.3 Å². The van der Waals surface area contributed by atoms with Crippen molar-refractivity contribution >= 4 is 17.4 Å². The molecule has 1 fully saturated rings. The first-order chi connectivity index (χ1) is 17.6. The van der Waals surface area contributed by atoms with Crippen LogP contribution in [0.5, 0.6) is 5.75 Å². The van der Waals surface area contributed by atoms with Crippen molar-refractivity contribution in [3.05, 3.63) is 53.9 Å². The summed E-state index contributed by atoms with van der Waals surface area (Å²) in [5, 5.41) is 9.19. The van der Waals surface area contributed by atoms with Gasteiger partial charge in [-0.25, -0.2) is 9.97 Å². The zero-order valence-corrected chi connectivity index (χ0v) is 21.7. The number of likely N-dealkylation sites (N-methyl/N-ethyl adjacent to an activating group) is 1. The Balaban J connectivity index is 1.22. The number of piperidine rings is 1. The zero-order valence-electron chi connectivity index (χ0n) is 21.7. The second-order valence-corrected chi connectivity index (χ2v) is 9.85. The van der Waals surface area contributed by atoms with E-state index in [0.717, 1.165) is 69.9 Å². The number of carbonyl (C=O) groups is 1. The van der Waals surface area contributed by atoms with Gasteiger partial charge in [-0.15, -0.1) is 0 Å². The number of aryl methyl sites for hydroxylation is 1. The van der Waals surface area contributed by atoms with E-state index in [1.165, 1.54) is 16.7 Å². The predicted octanol–water partition coefficient (Wildman–Crippen LogP) is 4.36. The Morgan fingerprint density at radius 2 is 1.83 bits per heavy atom. The van der Waals surface area contributed by atoms with Crippen molar-refractivity contribution in [2.45, 2.75) is 52.4 Å². The molecule has 1 aliphatic carbocycles. The number of allylic oxidation sites excluding steroid dienone is 2. The molecular weight excluding hydrogens is 452 g/mol. The summed E-state index contributed by atoms with van der Waals surface area (Å²) in [5.74, 6) is 2.48. The maximum atomic E-state index is 12.7. The van der Waals surface area contributed by atoms with Crippen LogP contribution >= 0.6 is 0 Å². The molecule has 2 aliphatic rings. The fourth-order valence-corrected chi connectivity index (χ4v) is 5.10. The first-order valence-electron chi connectivity index (χ1n) is 13.5. The van der Waals surface area contributed by atoms with Crippen LogP contribution in [0.3, 0.4) is 0 Å². The molecule has 1 saturated heterocycles. The van der Waals surface area contributed by atoms with E-state index in [-0.39, 0.29) is 18.4 Å². The monoisotopic (exact) mass is 492 g/mol. The van der Waals surface area contributed by atoms with Gasteiger partial charge < -0.3 is 19.6 Å². The maximum Gasteiger partial charge on any atom is 0.226 e. The van der Waals surface area contributed by atoms with Crippen LogP contribution in [0, 0.1) is 11.8 Å². The molecule has 0 radical (unpaired) electrons. The molecule has 2 heterocycles. The predicted molar refractivity (Wildman–Crippen MR) is 143 cm³/mol. The standard InChI is InChI=1S/C29H40N4O3/c1-3-22-19-30-29(31-20-22)33-15-13-23(14-16-33)21-36-27-11-9-25(10-12-27)24-5-7-26(8-6-24)28(35)32(4-2)17-18-34/h5,9-12,19-20,23,26,34H,3-4,6-8,13-18,21H2,1-2H3. The third-order valence-electron chi connectivity index (χ3n) is 7.53. The summed E-state index contributed by atoms with van der Waals surface area (Å²) in [6.07, 6.45) is 11.7. The summed E-state index contributed by atoms with van der Waals surface area (Å²) in [6, 6.07) is 8.39. The smallest absolute Gasteiger partial charge is 0.226 e. The van der Waals surface area contributed by atoms with Crippen LogP contribution in [-0.4, -0.2) is 65.3 Å². The molecule has 0 saturated carbocycles. The molecule has 1 aliphatic heterocycles. The van der Waals surface area contributed by atoms with Gasteiger partial charge in [0, 0.05) is 44.5 Å². The Kier molecular flexibility index (Phi) is 9.34. The third kappa shape index (κ3) is 6.64. The number of rotatable bonds is 10. The number of hydrogen-bond donors (Lipinski definition) is 1. The number of anilines is 1. The summed E-state index contributed by atoms with van der Waals surface area (Å²) >= 11 is 0. The minimum Gasteiger partial charge on any atom is -0.493 e. The highest BCUT2D eigenvalue weighted by atomic mass is 16.5. The van der Waals surface area contributed by atoms with Crippen LogP contribution in [0.15, 0.2) is 42.7 Å². The van der Waals surface area contributed by atoms with E-state index in [1.54, 1.807) is 4.90 Å². The average Bonchev–Trinajstić information content (AvgIpc) is 2.95. The Morgan fingerprint density at radius 1 is 1.11 bits per heavy atom. The quantitative estimate of drug-likeness (QED) is 0.531. The van der Waals surface area contributed by atoms with Crippen molar-refractivity contribution in [1.29, 1.82) is 0 Å². The Bertz CT molecular complexity index is 998. The van der Waals surface area contributed by atoms with Gasteiger partial charge in [0.2, 0.25) is 11.9 Å². The molecular formula is C29H40N4O3. The highest BCUT2D eigenvalue weighted by molar-refractivity contribution is 5.80. The SMILES string of the molecule is CCc1cnc(N2CCC(COc3ccc(C4=CCC(C(=O)N(CC)CCO)CC4)cc3)CC2)nc1. The third-order valence-corrected chi connectivity index (χ3v) is 7.53. The lowest BCUT2D eigenvalue weighted by atomic mass is 9.86. The minimum absolute atomic E-state index is 0.0173. The van der Waals surface area contributed by atoms with Gasteiger partial charge in [0.25, 0.3) is 0 Å². The summed E-state index contributed by atoms with van der Waals surface area (Å²) in [5.41, 5.74) is 3.68. The van der Waals surface area contributed by atoms with Crippen LogP contribution in [0.2, 0.25) is 0 Å². The average molecular weight is 493 g/mol. The molecule has 1 unspecified atom stereocenters. The summed E-state index contributed by atoms with van der Waals surface area (Å²) in [4.78, 5) is 25.8. The highest BCUT2D eigenvalue weighted by Gasteiger charge is 2.26. The fraction of sp³-hybridized carbons (Fsp3) is 0.552. The second-order valence-electron chi connectivity index (χ2n) is 9.85. The van der Waals surface area contributed by atoms with Gasteiger partial charge in [0.15, 0.2) is 0 Å². The highest BCUT2D eigenvalue weighted by Crippen LogP contribution is 2.32. The number of aliphatic hydroxyl groups is 1. The minimum atomic E-state index is 0.0173. The lowest BCUT2D eigenvalue weighted by Gasteiger charge is -2.31. The molecule has 7 nitrogen and oxygen atoms in total. The molecule has 36 heavy (non-hydrogen) atoms. The molecule has 1 aromatic carbocycles. The molecule has 194 valence electrons. The summed E-state index contributed by atoms with van der Waals surface area (Å²) in [6.45, 7) is 7.83. The van der Waals surface area contributed by atoms with Gasteiger partial charge in [-0.1, -0.05) is 25.1 Å². The molecule has 1 amide bonds. The van der Waals surface area contributed by atoms with Gasteiger partial charge in [-0.2, -0.15) is 0 Å². The molecule has 0 spiro atoms. The number of amides is 1. The van der Waals surface area contributed by atoms with Crippen molar-refractivity contribution in [2.24, 2.45) is 11.8 Å². The van der Waals surface area contributed by atoms with Crippen LogP contribution < -0.4 is 9.64 Å². The zero-order chi connectivity index (χ0) is 25.3. The van der Waals surface area contributed by atoms with Gasteiger partial charge >= 0.3 is 0 Å². The Morgan fingerprint density at radius 3 is 2.42 bits per heavy atom. The second kappa shape index (κ2) is 12.9. The first kappa shape index (κ1) is 26.1. The van der Waals surface area contributed by atoms with E-state index >= 15 is 0 Å². The van der Waals surface area contributed by atoms with Gasteiger partial charge in [-0.3, -0.25) is 4.79 Å². The van der Waals surface area contributed by atoms with E-state index < -0.39 is 0 Å². The van der Waals surface area contributed by atoms with Crippen LogP contribution in [0.4, 0.5) is 5.95 Å². The number of hydrogen-bond acceptors (Lipinski definition) is 6. The largest absolute Gasteiger partial charge is 0.493 e. The molecule has 7 heteroatoms. The number of nitrogens with zero attached hydrogens (tertiary/aromatic N) is 4. The molecule has 1 N–H and O–H groups in total. The van der Waals surface area contributed by atoms with E-state index in [9.17, 15) is 9.90 Å². The maximum absolute atomic E-state index is 12.7. The summed E-state index contributed by atoms with van der Waals surface area (Å²) in [7, 11) is 0. The lowest BCUT2D eigenvalue weighted by molar-refractivity contribution is -0.136. The number of aliphatic hydroxyl groups excluding tert-OH is 1. The van der Waals surface area contributed by atoms with Crippen LogP contribution in [0.25, 0.3) is 5.57 Å². The van der Waals surface area contributed by atoms with Crippen molar-refractivity contribution in [3.63, 3.8) is 0 Å². The number of carbonyl (C=O) groups excluding carboxylic acids is 1.